The van der Waals surface area contributed by atoms with Crippen LogP contribution in [0.2, 0.25) is 0 Å². The lowest BCUT2D eigenvalue weighted by molar-refractivity contribution is 0.393. The van der Waals surface area contributed by atoms with Crippen molar-refractivity contribution < 1.29 is 13.2 Å². The zero-order chi connectivity index (χ0) is 20.0. The Morgan fingerprint density at radius 2 is 1.82 bits per heavy atom. The van der Waals surface area contributed by atoms with Crippen molar-refractivity contribution in [3.8, 4) is 5.88 Å². The molecule has 2 aromatic heterocycles. The monoisotopic (exact) mass is 398 g/mol. The van der Waals surface area contributed by atoms with E-state index in [-0.39, 0.29) is 4.90 Å². The van der Waals surface area contributed by atoms with Gasteiger partial charge in [-0.2, -0.15) is 0 Å². The van der Waals surface area contributed by atoms with Gasteiger partial charge in [0, 0.05) is 31.0 Å². The highest BCUT2D eigenvalue weighted by molar-refractivity contribution is 7.92. The number of benzene rings is 1. The van der Waals surface area contributed by atoms with Crippen LogP contribution < -0.4 is 14.4 Å². The second-order valence-electron chi connectivity index (χ2n) is 5.91. The van der Waals surface area contributed by atoms with Crippen LogP contribution in [-0.2, 0) is 16.6 Å². The molecule has 0 saturated carbocycles. The van der Waals surface area contributed by atoms with Gasteiger partial charge in [-0.25, -0.2) is 18.4 Å². The molecule has 3 aromatic rings. The van der Waals surface area contributed by atoms with E-state index in [2.05, 4.69) is 15.3 Å². The molecule has 0 spiro atoms. The smallest absolute Gasteiger partial charge is 0.265 e. The lowest BCUT2D eigenvalue weighted by Crippen LogP contribution is -2.30. The fourth-order valence-corrected chi connectivity index (χ4v) is 4.20. The molecule has 0 aliphatic heterocycles. The molecule has 146 valence electrons. The van der Waals surface area contributed by atoms with Crippen molar-refractivity contribution in [1.29, 1.82) is 0 Å². The number of nitrogens with zero attached hydrogens (tertiary/aromatic N) is 3. The van der Waals surface area contributed by atoms with Gasteiger partial charge in [-0.3, -0.25) is 4.31 Å². The number of methoxy groups -OCH3 is 1. The molecular formula is C20H22N4O3S. The summed E-state index contributed by atoms with van der Waals surface area (Å²) in [6, 6.07) is 15.9. The molecule has 0 bridgehead atoms. The van der Waals surface area contributed by atoms with Crippen LogP contribution >= 0.6 is 0 Å². The number of sulfonamides is 1. The van der Waals surface area contributed by atoms with Gasteiger partial charge in [0.2, 0.25) is 5.88 Å². The molecule has 28 heavy (non-hydrogen) atoms. The molecule has 3 rings (SSSR count). The van der Waals surface area contributed by atoms with Crippen molar-refractivity contribution in [3.63, 3.8) is 0 Å². The van der Waals surface area contributed by atoms with Crippen LogP contribution in [-0.4, -0.2) is 32.0 Å². The summed E-state index contributed by atoms with van der Waals surface area (Å²) in [5.41, 5.74) is 1.50. The third kappa shape index (κ3) is 4.23. The Bertz CT molecular complexity index is 1010. The average Bonchev–Trinajstić information content (AvgIpc) is 2.74. The van der Waals surface area contributed by atoms with Crippen molar-refractivity contribution >= 4 is 21.5 Å². The van der Waals surface area contributed by atoms with E-state index in [1.165, 1.54) is 10.5 Å². The zero-order valence-corrected chi connectivity index (χ0v) is 16.6. The molecule has 7 nitrogen and oxygen atoms in total. The normalized spacial score (nSPS) is 11.1. The van der Waals surface area contributed by atoms with Crippen molar-refractivity contribution in [2.24, 2.45) is 0 Å². The third-order valence-electron chi connectivity index (χ3n) is 4.16. The molecule has 1 aromatic carbocycles. The maximum atomic E-state index is 13.0. The lowest BCUT2D eigenvalue weighted by atomic mass is 10.2. The number of aromatic nitrogens is 2. The van der Waals surface area contributed by atoms with Gasteiger partial charge in [-0.1, -0.05) is 24.3 Å². The van der Waals surface area contributed by atoms with Gasteiger partial charge in [-0.05, 0) is 37.3 Å². The first-order chi connectivity index (χ1) is 13.6. The fourth-order valence-electron chi connectivity index (χ4n) is 2.78. The minimum absolute atomic E-state index is 0.141. The number of hydrogen-bond donors (Lipinski definition) is 1. The van der Waals surface area contributed by atoms with Gasteiger partial charge in [0.25, 0.3) is 10.0 Å². The molecular weight excluding hydrogens is 376 g/mol. The molecule has 0 atom stereocenters. The van der Waals surface area contributed by atoms with Gasteiger partial charge in [0.1, 0.15) is 10.7 Å². The summed E-state index contributed by atoms with van der Waals surface area (Å²) in [5, 5.41) is 3.15. The third-order valence-corrected chi connectivity index (χ3v) is 6.05. The van der Waals surface area contributed by atoms with Crippen molar-refractivity contribution in [1.82, 2.24) is 9.97 Å². The maximum absolute atomic E-state index is 13.0. The van der Waals surface area contributed by atoms with Crippen molar-refractivity contribution in [3.05, 3.63) is 72.6 Å². The summed E-state index contributed by atoms with van der Waals surface area (Å²) >= 11 is 0. The molecule has 8 heteroatoms. The van der Waals surface area contributed by atoms with Crippen LogP contribution in [0.15, 0.2) is 71.9 Å². The molecule has 0 saturated heterocycles. The van der Waals surface area contributed by atoms with Crippen LogP contribution in [0.5, 0.6) is 5.88 Å². The summed E-state index contributed by atoms with van der Waals surface area (Å²) in [6.07, 6.45) is 3.02. The zero-order valence-electron chi connectivity index (χ0n) is 15.7. The molecule has 0 fully saturated rings. The quantitative estimate of drug-likeness (QED) is 0.627. The lowest BCUT2D eigenvalue weighted by Gasteiger charge is -2.22. The Morgan fingerprint density at radius 3 is 2.46 bits per heavy atom. The van der Waals surface area contributed by atoms with E-state index < -0.39 is 10.0 Å². The minimum Gasteiger partial charge on any atom is -0.481 e. The van der Waals surface area contributed by atoms with Gasteiger partial charge < -0.3 is 10.1 Å². The molecule has 0 radical (unpaired) electrons. The van der Waals surface area contributed by atoms with E-state index in [0.717, 1.165) is 5.56 Å². The summed E-state index contributed by atoms with van der Waals surface area (Å²) in [6.45, 7) is 2.59. The second-order valence-corrected chi connectivity index (χ2v) is 7.77. The van der Waals surface area contributed by atoms with Crippen LogP contribution in [0.25, 0.3) is 0 Å². The Labute approximate surface area is 165 Å². The number of ether oxygens (including phenoxy) is 1. The molecule has 0 aliphatic carbocycles. The standard InChI is InChI=1S/C20H22N4O3S/c1-3-24(17-9-5-4-6-10-17)28(25,26)18-11-12-19(23-15-18)22-14-16-8-7-13-21-20(16)27-2/h4-13,15H,3,14H2,1-2H3,(H,22,23). The SMILES string of the molecule is CCN(c1ccccc1)S(=O)(=O)c1ccc(NCc2cccnc2OC)nc1. The van der Waals surface area contributed by atoms with Crippen LogP contribution in [0.1, 0.15) is 12.5 Å². The molecule has 0 aliphatic rings. The Morgan fingerprint density at radius 1 is 1.04 bits per heavy atom. The van der Waals surface area contributed by atoms with Crippen molar-refractivity contribution in [2.75, 3.05) is 23.3 Å². The molecule has 0 amide bonds. The van der Waals surface area contributed by atoms with Crippen LogP contribution in [0.3, 0.4) is 0 Å². The summed E-state index contributed by atoms with van der Waals surface area (Å²) in [7, 11) is -2.12. The van der Waals surface area contributed by atoms with E-state index in [1.807, 2.05) is 30.3 Å². The average molecular weight is 398 g/mol. The maximum Gasteiger partial charge on any atom is 0.265 e. The van der Waals surface area contributed by atoms with E-state index in [4.69, 9.17) is 4.74 Å². The van der Waals surface area contributed by atoms with Crippen molar-refractivity contribution in [2.45, 2.75) is 18.4 Å². The summed E-state index contributed by atoms with van der Waals surface area (Å²) < 4.78 is 32.5. The number of anilines is 2. The Balaban J connectivity index is 1.76. The largest absolute Gasteiger partial charge is 0.481 e. The molecule has 1 N–H and O–H groups in total. The van der Waals surface area contributed by atoms with Gasteiger partial charge >= 0.3 is 0 Å². The number of rotatable bonds is 8. The van der Waals surface area contributed by atoms with E-state index in [0.29, 0.717) is 30.5 Å². The highest BCUT2D eigenvalue weighted by Crippen LogP contribution is 2.23. The number of hydrogen-bond acceptors (Lipinski definition) is 6. The second kappa shape index (κ2) is 8.71. The fraction of sp³-hybridized carbons (Fsp3) is 0.200. The summed E-state index contributed by atoms with van der Waals surface area (Å²) in [5.74, 6) is 1.10. The first kappa shape index (κ1) is 19.6. The molecule has 0 unspecified atom stereocenters. The minimum atomic E-state index is -3.69. The Kier molecular flexibility index (Phi) is 6.10. The highest BCUT2D eigenvalue weighted by Gasteiger charge is 2.23. The van der Waals surface area contributed by atoms with E-state index in [9.17, 15) is 8.42 Å². The number of nitrogens with one attached hydrogen (secondary N) is 1. The van der Waals surface area contributed by atoms with E-state index >= 15 is 0 Å². The Hall–Kier alpha value is -3.13. The first-order valence-electron chi connectivity index (χ1n) is 8.82. The first-order valence-corrected chi connectivity index (χ1v) is 10.3. The van der Waals surface area contributed by atoms with Gasteiger partial charge in [0.15, 0.2) is 0 Å². The van der Waals surface area contributed by atoms with Crippen LogP contribution in [0, 0.1) is 0 Å². The van der Waals surface area contributed by atoms with Gasteiger partial charge in [0.05, 0.1) is 12.8 Å². The highest BCUT2D eigenvalue weighted by atomic mass is 32.2. The number of para-hydroxylation sites is 1. The van der Waals surface area contributed by atoms with E-state index in [1.54, 1.807) is 44.5 Å². The summed E-state index contributed by atoms with van der Waals surface area (Å²) in [4.78, 5) is 8.54. The van der Waals surface area contributed by atoms with Crippen LogP contribution in [0.4, 0.5) is 11.5 Å². The predicted molar refractivity (Wildman–Crippen MR) is 109 cm³/mol. The predicted octanol–water partition coefficient (Wildman–Crippen LogP) is 3.31. The van der Waals surface area contributed by atoms with Gasteiger partial charge in [-0.15, -0.1) is 0 Å². The topological polar surface area (TPSA) is 84.4 Å². The molecule has 2 heterocycles. The number of pyridine rings is 2.